The summed E-state index contributed by atoms with van der Waals surface area (Å²) in [7, 11) is 0. The highest BCUT2D eigenvalue weighted by Gasteiger charge is 2.02. The van der Waals surface area contributed by atoms with Crippen molar-refractivity contribution in [3.05, 3.63) is 26.2 Å². The summed E-state index contributed by atoms with van der Waals surface area (Å²) < 4.78 is 2.31. The number of benzene rings is 1. The van der Waals surface area contributed by atoms with Crippen LogP contribution in [0.2, 0.25) is 5.02 Å². The van der Waals surface area contributed by atoms with Gasteiger partial charge in [0.2, 0.25) is 0 Å². The zero-order valence-electron chi connectivity index (χ0n) is 5.34. The fraction of sp³-hybridized carbons (Fsp3) is 0. The van der Waals surface area contributed by atoms with E-state index in [4.69, 9.17) is 11.6 Å². The highest BCUT2D eigenvalue weighted by atomic mass is 127. The first-order valence-electron chi connectivity index (χ1n) is 2.95. The molecule has 0 spiro atoms. The molecule has 0 aliphatic carbocycles. The van der Waals surface area contributed by atoms with Gasteiger partial charge >= 0.3 is 0 Å². The first-order valence-corrected chi connectivity index (χ1v) is 5.29. The minimum Gasteiger partial charge on any atom is -0.243 e. The monoisotopic (exact) mass is 295 g/mol. The van der Waals surface area contributed by atoms with E-state index >= 15 is 0 Å². The van der Waals surface area contributed by atoms with Crippen molar-refractivity contribution in [3.8, 4) is 0 Å². The maximum atomic E-state index is 5.94. The first-order chi connectivity index (χ1) is 5.27. The highest BCUT2D eigenvalue weighted by Crippen LogP contribution is 2.27. The number of fused-ring (bicyclic) bond motifs is 1. The third-order valence-electron chi connectivity index (χ3n) is 1.35. The van der Waals surface area contributed by atoms with Gasteiger partial charge in [0.05, 0.1) is 20.7 Å². The van der Waals surface area contributed by atoms with Crippen molar-refractivity contribution in [2.75, 3.05) is 0 Å². The molecular weight excluding hydrogens is 293 g/mol. The molecule has 1 aromatic heterocycles. The molecule has 0 bridgehead atoms. The summed E-state index contributed by atoms with van der Waals surface area (Å²) in [5, 5.41) is 0.744. The topological polar surface area (TPSA) is 12.9 Å². The smallest absolute Gasteiger partial charge is 0.0998 e. The van der Waals surface area contributed by atoms with Crippen molar-refractivity contribution < 1.29 is 0 Å². The van der Waals surface area contributed by atoms with Crippen molar-refractivity contribution in [3.63, 3.8) is 0 Å². The zero-order valence-corrected chi connectivity index (χ0v) is 9.07. The van der Waals surface area contributed by atoms with Crippen LogP contribution in [-0.4, -0.2) is 4.98 Å². The normalized spacial score (nSPS) is 10.7. The van der Waals surface area contributed by atoms with Crippen LogP contribution in [0, 0.1) is 3.57 Å². The van der Waals surface area contributed by atoms with Gasteiger partial charge in [-0.3, -0.25) is 0 Å². The van der Waals surface area contributed by atoms with Gasteiger partial charge in [0.1, 0.15) is 0 Å². The Balaban J connectivity index is 2.91. The second-order valence-electron chi connectivity index (χ2n) is 2.09. The third kappa shape index (κ3) is 1.37. The number of rotatable bonds is 0. The molecule has 0 atom stereocenters. The Morgan fingerprint density at radius 2 is 2.27 bits per heavy atom. The molecule has 0 N–H and O–H groups in total. The van der Waals surface area contributed by atoms with Gasteiger partial charge in [-0.1, -0.05) is 11.6 Å². The van der Waals surface area contributed by atoms with Crippen LogP contribution in [0.4, 0.5) is 0 Å². The van der Waals surface area contributed by atoms with Gasteiger partial charge in [-0.2, -0.15) is 0 Å². The van der Waals surface area contributed by atoms with Crippen LogP contribution in [0.15, 0.2) is 17.6 Å². The molecule has 0 saturated heterocycles. The zero-order chi connectivity index (χ0) is 7.84. The van der Waals surface area contributed by atoms with E-state index in [0.29, 0.717) is 0 Å². The Labute approximate surface area is 86.5 Å². The summed E-state index contributed by atoms with van der Waals surface area (Å²) in [6, 6.07) is 4.00. The lowest BCUT2D eigenvalue weighted by atomic mass is 10.3. The van der Waals surface area contributed by atoms with Crippen molar-refractivity contribution in [1.29, 1.82) is 0 Å². The molecule has 2 aromatic rings. The van der Waals surface area contributed by atoms with Crippen LogP contribution < -0.4 is 0 Å². The number of aromatic nitrogens is 1. The number of thiazole rings is 1. The molecule has 4 heteroatoms. The summed E-state index contributed by atoms with van der Waals surface area (Å²) >= 11 is 9.80. The Morgan fingerprint density at radius 1 is 1.45 bits per heavy atom. The lowest BCUT2D eigenvalue weighted by Gasteiger charge is -1.92. The minimum atomic E-state index is 0.744. The van der Waals surface area contributed by atoms with E-state index in [1.807, 2.05) is 11.6 Å². The van der Waals surface area contributed by atoms with Gasteiger partial charge in [-0.05, 0) is 34.7 Å². The van der Waals surface area contributed by atoms with E-state index in [1.54, 1.807) is 11.3 Å². The highest BCUT2D eigenvalue weighted by molar-refractivity contribution is 14.1. The van der Waals surface area contributed by atoms with E-state index in [0.717, 1.165) is 18.8 Å². The van der Waals surface area contributed by atoms with Crippen LogP contribution in [0.1, 0.15) is 0 Å². The lowest BCUT2D eigenvalue weighted by molar-refractivity contribution is 1.50. The molecule has 56 valence electrons. The van der Waals surface area contributed by atoms with E-state index in [-0.39, 0.29) is 0 Å². The molecule has 0 aliphatic rings. The standard InChI is InChI=1S/C7H3ClINS/c8-5-1-4(9)2-6-7(5)10-3-11-6/h1-3H. The van der Waals surface area contributed by atoms with Crippen LogP contribution in [0.5, 0.6) is 0 Å². The minimum absolute atomic E-state index is 0.744. The summed E-state index contributed by atoms with van der Waals surface area (Å²) in [4.78, 5) is 4.14. The summed E-state index contributed by atoms with van der Waals surface area (Å²) in [5.74, 6) is 0. The Hall–Kier alpha value is 0.130. The van der Waals surface area contributed by atoms with E-state index < -0.39 is 0 Å². The Morgan fingerprint density at radius 3 is 3.09 bits per heavy atom. The lowest BCUT2D eigenvalue weighted by Crippen LogP contribution is -1.72. The van der Waals surface area contributed by atoms with Gasteiger partial charge in [0.15, 0.2) is 0 Å². The van der Waals surface area contributed by atoms with Crippen LogP contribution >= 0.6 is 45.5 Å². The Bertz CT molecular complexity index is 398. The fourth-order valence-corrected chi connectivity index (χ4v) is 2.98. The predicted octanol–water partition coefficient (Wildman–Crippen LogP) is 3.55. The van der Waals surface area contributed by atoms with Crippen LogP contribution in [-0.2, 0) is 0 Å². The predicted molar refractivity (Wildman–Crippen MR) is 57.3 cm³/mol. The molecule has 1 heterocycles. The molecular formula is C7H3ClINS. The van der Waals surface area contributed by atoms with Gasteiger partial charge in [0.25, 0.3) is 0 Å². The second kappa shape index (κ2) is 2.88. The van der Waals surface area contributed by atoms with E-state index in [9.17, 15) is 0 Å². The molecule has 0 saturated carbocycles. The fourth-order valence-electron chi connectivity index (χ4n) is 0.893. The first kappa shape index (κ1) is 7.76. The number of nitrogens with zero attached hydrogens (tertiary/aromatic N) is 1. The average molecular weight is 296 g/mol. The molecule has 0 fully saturated rings. The molecule has 0 radical (unpaired) electrons. The van der Waals surface area contributed by atoms with Crippen molar-refractivity contribution in [2.45, 2.75) is 0 Å². The SMILES string of the molecule is Clc1cc(I)cc2scnc12. The van der Waals surface area contributed by atoms with E-state index in [2.05, 4.69) is 33.6 Å². The second-order valence-corrected chi connectivity index (χ2v) is 4.63. The van der Waals surface area contributed by atoms with Crippen LogP contribution in [0.3, 0.4) is 0 Å². The summed E-state index contributed by atoms with van der Waals surface area (Å²) in [6.45, 7) is 0. The van der Waals surface area contributed by atoms with Crippen molar-refractivity contribution in [2.24, 2.45) is 0 Å². The molecule has 1 aromatic carbocycles. The molecule has 0 unspecified atom stereocenters. The van der Waals surface area contributed by atoms with Crippen molar-refractivity contribution in [1.82, 2.24) is 4.98 Å². The molecule has 0 aliphatic heterocycles. The van der Waals surface area contributed by atoms with Gasteiger partial charge < -0.3 is 0 Å². The summed E-state index contributed by atoms with van der Waals surface area (Å²) in [5.41, 5.74) is 2.73. The van der Waals surface area contributed by atoms with Crippen molar-refractivity contribution >= 4 is 55.7 Å². The van der Waals surface area contributed by atoms with Crippen LogP contribution in [0.25, 0.3) is 10.2 Å². The van der Waals surface area contributed by atoms with Gasteiger partial charge in [0, 0.05) is 3.57 Å². The maximum absolute atomic E-state index is 5.94. The van der Waals surface area contributed by atoms with E-state index in [1.165, 1.54) is 0 Å². The molecule has 0 amide bonds. The molecule has 11 heavy (non-hydrogen) atoms. The largest absolute Gasteiger partial charge is 0.243 e. The third-order valence-corrected chi connectivity index (χ3v) is 3.04. The maximum Gasteiger partial charge on any atom is 0.0998 e. The number of hydrogen-bond donors (Lipinski definition) is 0. The molecule has 2 rings (SSSR count). The summed E-state index contributed by atoms with van der Waals surface area (Å²) in [6.07, 6.45) is 0. The number of hydrogen-bond acceptors (Lipinski definition) is 2. The van der Waals surface area contributed by atoms with Gasteiger partial charge in [-0.15, -0.1) is 11.3 Å². The Kier molecular flexibility index (Phi) is 2.03. The van der Waals surface area contributed by atoms with Gasteiger partial charge in [-0.25, -0.2) is 4.98 Å². The quantitative estimate of drug-likeness (QED) is 0.677. The average Bonchev–Trinajstić information content (AvgIpc) is 2.34. The number of halogens is 2. The molecule has 1 nitrogen and oxygen atoms in total.